The lowest BCUT2D eigenvalue weighted by Gasteiger charge is -2.11. The third-order valence-electron chi connectivity index (χ3n) is 2.63. The van der Waals surface area contributed by atoms with Crippen molar-refractivity contribution in [3.05, 3.63) is 48.0 Å². The van der Waals surface area contributed by atoms with Gasteiger partial charge in [0.25, 0.3) is 0 Å². The van der Waals surface area contributed by atoms with Gasteiger partial charge in [-0.05, 0) is 6.07 Å². The van der Waals surface area contributed by atoms with E-state index in [9.17, 15) is 8.78 Å². The summed E-state index contributed by atoms with van der Waals surface area (Å²) < 4.78 is 28.9. The van der Waals surface area contributed by atoms with E-state index < -0.39 is 6.61 Å². The van der Waals surface area contributed by atoms with Crippen LogP contribution in [0.4, 0.5) is 8.78 Å². The molecule has 0 spiro atoms. The summed E-state index contributed by atoms with van der Waals surface area (Å²) in [5, 5.41) is 3.18. The number of para-hydroxylation sites is 1. The Morgan fingerprint density at radius 2 is 2.16 bits per heavy atom. The summed E-state index contributed by atoms with van der Waals surface area (Å²) in [7, 11) is 0. The molecule has 4 nitrogen and oxygen atoms in total. The monoisotopic (exact) mass is 267 g/mol. The molecule has 2 aromatic rings. The number of aromatic amines is 1. The average molecular weight is 267 g/mol. The molecule has 19 heavy (non-hydrogen) atoms. The maximum absolute atomic E-state index is 12.2. The van der Waals surface area contributed by atoms with E-state index in [-0.39, 0.29) is 5.75 Å². The van der Waals surface area contributed by atoms with Gasteiger partial charge in [-0.25, -0.2) is 4.98 Å². The zero-order valence-electron chi connectivity index (χ0n) is 10.3. The van der Waals surface area contributed by atoms with Crippen LogP contribution < -0.4 is 10.1 Å². The van der Waals surface area contributed by atoms with Gasteiger partial charge >= 0.3 is 6.61 Å². The van der Waals surface area contributed by atoms with E-state index >= 15 is 0 Å². The predicted octanol–water partition coefficient (Wildman–Crippen LogP) is 2.34. The highest BCUT2D eigenvalue weighted by molar-refractivity contribution is 5.33. The van der Waals surface area contributed by atoms with Gasteiger partial charge in [0, 0.05) is 37.0 Å². The first kappa shape index (κ1) is 13.5. The zero-order valence-corrected chi connectivity index (χ0v) is 10.3. The number of hydrogen-bond donors (Lipinski definition) is 2. The van der Waals surface area contributed by atoms with Gasteiger partial charge in [0.05, 0.1) is 6.33 Å². The molecular formula is C13H15F2N3O. The number of rotatable bonds is 7. The minimum absolute atomic E-state index is 0.214. The van der Waals surface area contributed by atoms with E-state index in [1.165, 1.54) is 6.07 Å². The predicted molar refractivity (Wildman–Crippen MR) is 67.1 cm³/mol. The molecule has 1 heterocycles. The minimum Gasteiger partial charge on any atom is -0.434 e. The number of nitrogens with one attached hydrogen (secondary N) is 2. The Morgan fingerprint density at radius 1 is 1.32 bits per heavy atom. The van der Waals surface area contributed by atoms with Crippen molar-refractivity contribution in [2.75, 3.05) is 6.54 Å². The van der Waals surface area contributed by atoms with Crippen molar-refractivity contribution in [1.29, 1.82) is 0 Å². The smallest absolute Gasteiger partial charge is 0.387 e. The second-order valence-corrected chi connectivity index (χ2v) is 3.99. The number of ether oxygens (including phenoxy) is 1. The highest BCUT2D eigenvalue weighted by Gasteiger charge is 2.08. The van der Waals surface area contributed by atoms with Crippen LogP contribution in [0.25, 0.3) is 0 Å². The summed E-state index contributed by atoms with van der Waals surface area (Å²) in [6, 6.07) is 6.77. The van der Waals surface area contributed by atoms with Gasteiger partial charge in [0.1, 0.15) is 5.75 Å². The van der Waals surface area contributed by atoms with Crippen LogP contribution in [0.2, 0.25) is 0 Å². The Kier molecular flexibility index (Phi) is 4.85. The van der Waals surface area contributed by atoms with Gasteiger partial charge in [-0.3, -0.25) is 0 Å². The molecule has 0 atom stereocenters. The van der Waals surface area contributed by atoms with Crippen LogP contribution in [0.1, 0.15) is 11.3 Å². The Hall–Kier alpha value is -1.95. The molecule has 0 unspecified atom stereocenters. The second kappa shape index (κ2) is 6.84. The van der Waals surface area contributed by atoms with Gasteiger partial charge in [-0.1, -0.05) is 18.2 Å². The van der Waals surface area contributed by atoms with Crippen LogP contribution in [0.15, 0.2) is 36.8 Å². The standard InChI is InChI=1S/C13H15F2N3O/c14-13(15)19-12-4-2-1-3-10(12)7-16-6-5-11-8-17-9-18-11/h1-4,8-9,13,16H,5-7H2,(H,17,18). The molecule has 0 aliphatic rings. The first-order valence-electron chi connectivity index (χ1n) is 5.96. The average Bonchev–Trinajstić information content (AvgIpc) is 2.89. The van der Waals surface area contributed by atoms with Crippen molar-refractivity contribution in [3.8, 4) is 5.75 Å². The number of H-pyrrole nitrogens is 1. The molecule has 0 amide bonds. The Morgan fingerprint density at radius 3 is 2.89 bits per heavy atom. The molecule has 102 valence electrons. The van der Waals surface area contributed by atoms with Crippen molar-refractivity contribution < 1.29 is 13.5 Å². The molecule has 0 fully saturated rings. The van der Waals surface area contributed by atoms with E-state index in [1.54, 1.807) is 30.7 Å². The first-order valence-corrected chi connectivity index (χ1v) is 5.96. The number of benzene rings is 1. The summed E-state index contributed by atoms with van der Waals surface area (Å²) in [6.07, 6.45) is 4.19. The van der Waals surface area contributed by atoms with Gasteiger partial charge in [0.15, 0.2) is 0 Å². The first-order chi connectivity index (χ1) is 9.25. The SMILES string of the molecule is FC(F)Oc1ccccc1CNCCc1cnc[nH]1. The van der Waals surface area contributed by atoms with Crippen LogP contribution >= 0.6 is 0 Å². The molecule has 0 radical (unpaired) electrons. The lowest BCUT2D eigenvalue weighted by molar-refractivity contribution is -0.0504. The molecule has 1 aromatic carbocycles. The molecule has 0 bridgehead atoms. The third-order valence-corrected chi connectivity index (χ3v) is 2.63. The number of halogens is 2. The second-order valence-electron chi connectivity index (χ2n) is 3.99. The lowest BCUT2D eigenvalue weighted by Crippen LogP contribution is -2.17. The van der Waals surface area contributed by atoms with Gasteiger partial charge < -0.3 is 15.0 Å². The normalized spacial score (nSPS) is 10.9. The number of hydrogen-bond acceptors (Lipinski definition) is 3. The number of aromatic nitrogens is 2. The zero-order chi connectivity index (χ0) is 13.5. The maximum Gasteiger partial charge on any atom is 0.387 e. The van der Waals surface area contributed by atoms with Crippen molar-refractivity contribution in [3.63, 3.8) is 0 Å². The van der Waals surface area contributed by atoms with Crippen LogP contribution in [0.3, 0.4) is 0 Å². The molecule has 2 rings (SSSR count). The molecule has 0 aliphatic heterocycles. The molecule has 0 saturated carbocycles. The topological polar surface area (TPSA) is 49.9 Å². The van der Waals surface area contributed by atoms with E-state index in [1.807, 2.05) is 0 Å². The van der Waals surface area contributed by atoms with Crippen LogP contribution in [-0.4, -0.2) is 23.1 Å². The Bertz CT molecular complexity index is 488. The molecule has 6 heteroatoms. The van der Waals surface area contributed by atoms with Crippen molar-refractivity contribution >= 4 is 0 Å². The molecule has 2 N–H and O–H groups in total. The molecule has 1 aromatic heterocycles. The molecule has 0 aliphatic carbocycles. The van der Waals surface area contributed by atoms with Gasteiger partial charge in [-0.2, -0.15) is 8.78 Å². The van der Waals surface area contributed by atoms with Gasteiger partial charge in [0.2, 0.25) is 0 Å². The fourth-order valence-corrected chi connectivity index (χ4v) is 1.73. The van der Waals surface area contributed by atoms with Crippen LogP contribution in [0, 0.1) is 0 Å². The van der Waals surface area contributed by atoms with Crippen LogP contribution in [-0.2, 0) is 13.0 Å². The number of nitrogens with zero attached hydrogens (tertiary/aromatic N) is 1. The number of imidazole rings is 1. The molecule has 0 saturated heterocycles. The summed E-state index contributed by atoms with van der Waals surface area (Å²) in [6.45, 7) is -1.59. The summed E-state index contributed by atoms with van der Waals surface area (Å²) in [4.78, 5) is 6.92. The quantitative estimate of drug-likeness (QED) is 0.757. The van der Waals surface area contributed by atoms with Crippen molar-refractivity contribution in [2.45, 2.75) is 19.6 Å². The Balaban J connectivity index is 1.82. The number of alkyl halides is 2. The highest BCUT2D eigenvalue weighted by atomic mass is 19.3. The van der Waals surface area contributed by atoms with Gasteiger partial charge in [-0.15, -0.1) is 0 Å². The van der Waals surface area contributed by atoms with E-state index in [2.05, 4.69) is 20.0 Å². The lowest BCUT2D eigenvalue weighted by atomic mass is 10.2. The van der Waals surface area contributed by atoms with Crippen molar-refractivity contribution in [2.24, 2.45) is 0 Å². The third kappa shape index (κ3) is 4.33. The fourth-order valence-electron chi connectivity index (χ4n) is 1.73. The summed E-state index contributed by atoms with van der Waals surface area (Å²) in [5.74, 6) is 0.214. The minimum atomic E-state index is -2.80. The van der Waals surface area contributed by atoms with E-state index in [0.717, 1.165) is 18.7 Å². The largest absolute Gasteiger partial charge is 0.434 e. The summed E-state index contributed by atoms with van der Waals surface area (Å²) >= 11 is 0. The maximum atomic E-state index is 12.2. The Labute approximate surface area is 109 Å². The molecular weight excluding hydrogens is 252 g/mol. The van der Waals surface area contributed by atoms with Crippen molar-refractivity contribution in [1.82, 2.24) is 15.3 Å². The fraction of sp³-hybridized carbons (Fsp3) is 0.308. The summed E-state index contributed by atoms with van der Waals surface area (Å²) in [5.41, 5.74) is 1.75. The van der Waals surface area contributed by atoms with E-state index in [4.69, 9.17) is 0 Å². The van der Waals surface area contributed by atoms with Crippen LogP contribution in [0.5, 0.6) is 5.75 Å². The highest BCUT2D eigenvalue weighted by Crippen LogP contribution is 2.19. The van der Waals surface area contributed by atoms with E-state index in [0.29, 0.717) is 12.1 Å².